The second-order valence-corrected chi connectivity index (χ2v) is 5.57. The van der Waals surface area contributed by atoms with Gasteiger partial charge in [-0.2, -0.15) is 0 Å². The van der Waals surface area contributed by atoms with E-state index in [1.807, 2.05) is 36.0 Å². The van der Waals surface area contributed by atoms with Gasteiger partial charge in [-0.25, -0.2) is 0 Å². The molecule has 0 aliphatic rings. The molecule has 0 saturated carbocycles. The average Bonchev–Trinajstić information content (AvgIpc) is 2.58. The zero-order valence-corrected chi connectivity index (χ0v) is 11.6. The Morgan fingerprint density at radius 2 is 2.06 bits per heavy atom. The largest absolute Gasteiger partial charge is 0.481 e. The molecule has 17 heavy (non-hydrogen) atoms. The van der Waals surface area contributed by atoms with E-state index in [2.05, 4.69) is 15.9 Å². The highest BCUT2D eigenvalue weighted by atomic mass is 79.9. The first-order valence-electron chi connectivity index (χ1n) is 5.33. The number of carboxylic acids is 1. The van der Waals surface area contributed by atoms with Crippen LogP contribution in [0.5, 0.6) is 0 Å². The normalized spacial score (nSPS) is 12.0. The number of aliphatic carboxylic acids is 1. The zero-order valence-electron chi connectivity index (χ0n) is 9.99. The summed E-state index contributed by atoms with van der Waals surface area (Å²) in [4.78, 5) is 11.3. The molecule has 0 bridgehead atoms. The summed E-state index contributed by atoms with van der Waals surface area (Å²) in [7, 11) is 1.93. The van der Waals surface area contributed by atoms with Gasteiger partial charge in [-0.05, 0) is 41.4 Å². The van der Waals surface area contributed by atoms with E-state index in [0.29, 0.717) is 0 Å². The highest BCUT2D eigenvalue weighted by molar-refractivity contribution is 9.10. The van der Waals surface area contributed by atoms with Gasteiger partial charge in [-0.1, -0.05) is 12.1 Å². The maximum atomic E-state index is 11.3. The van der Waals surface area contributed by atoms with Crippen LogP contribution in [0, 0.1) is 0 Å². The number of fused-ring (bicyclic) bond motifs is 1. The van der Waals surface area contributed by atoms with Crippen molar-refractivity contribution in [1.82, 2.24) is 4.57 Å². The monoisotopic (exact) mass is 295 g/mol. The number of halogens is 1. The van der Waals surface area contributed by atoms with Gasteiger partial charge in [0, 0.05) is 23.1 Å². The third-order valence-corrected chi connectivity index (χ3v) is 3.80. The molecule has 90 valence electrons. The van der Waals surface area contributed by atoms with E-state index in [0.717, 1.165) is 20.9 Å². The Morgan fingerprint density at radius 1 is 1.41 bits per heavy atom. The molecule has 0 aliphatic heterocycles. The van der Waals surface area contributed by atoms with Crippen molar-refractivity contribution in [2.45, 2.75) is 19.3 Å². The molecule has 0 spiro atoms. The standard InChI is InChI=1S/C13H14BrNO2/c1-13(2,12(16)17)9-7-15(3)11-8(9)5-4-6-10(11)14/h4-7H,1-3H3,(H,16,17). The van der Waals surface area contributed by atoms with E-state index < -0.39 is 11.4 Å². The molecule has 0 amide bonds. The van der Waals surface area contributed by atoms with E-state index in [1.165, 1.54) is 0 Å². The molecule has 4 heteroatoms. The Hall–Kier alpha value is -1.29. The second kappa shape index (κ2) is 3.88. The molecule has 1 N–H and O–H groups in total. The molecular formula is C13H14BrNO2. The van der Waals surface area contributed by atoms with Gasteiger partial charge in [-0.3, -0.25) is 4.79 Å². The third-order valence-electron chi connectivity index (χ3n) is 3.16. The van der Waals surface area contributed by atoms with Crippen molar-refractivity contribution in [1.29, 1.82) is 0 Å². The molecule has 3 nitrogen and oxygen atoms in total. The first kappa shape index (κ1) is 12.2. The third kappa shape index (κ3) is 1.76. The van der Waals surface area contributed by atoms with E-state index in [1.54, 1.807) is 13.8 Å². The molecule has 0 aliphatic carbocycles. The Labute approximate surface area is 108 Å². The summed E-state index contributed by atoms with van der Waals surface area (Å²) in [5.74, 6) is -0.815. The van der Waals surface area contributed by atoms with Crippen LogP contribution in [0.2, 0.25) is 0 Å². The van der Waals surface area contributed by atoms with Crippen molar-refractivity contribution in [3.05, 3.63) is 34.4 Å². The van der Waals surface area contributed by atoms with Crippen molar-refractivity contribution >= 4 is 32.8 Å². The minimum absolute atomic E-state index is 0.815. The topological polar surface area (TPSA) is 42.2 Å². The van der Waals surface area contributed by atoms with Gasteiger partial charge >= 0.3 is 5.97 Å². The highest BCUT2D eigenvalue weighted by Crippen LogP contribution is 2.34. The lowest BCUT2D eigenvalue weighted by Gasteiger charge is -2.18. The fraction of sp³-hybridized carbons (Fsp3) is 0.308. The SMILES string of the molecule is Cn1cc(C(C)(C)C(=O)O)c2cccc(Br)c21. The summed E-state index contributed by atoms with van der Waals surface area (Å²) in [6.07, 6.45) is 1.89. The molecular weight excluding hydrogens is 282 g/mol. The summed E-state index contributed by atoms with van der Waals surface area (Å²) < 4.78 is 2.93. The summed E-state index contributed by atoms with van der Waals surface area (Å²) in [5, 5.41) is 10.3. The lowest BCUT2D eigenvalue weighted by Crippen LogP contribution is -2.28. The van der Waals surface area contributed by atoms with Crippen molar-refractivity contribution in [2.24, 2.45) is 7.05 Å². The lowest BCUT2D eigenvalue weighted by atomic mass is 9.85. The molecule has 0 fully saturated rings. The minimum Gasteiger partial charge on any atom is -0.481 e. The molecule has 1 aromatic heterocycles. The smallest absolute Gasteiger partial charge is 0.313 e. The summed E-state index contributed by atoms with van der Waals surface area (Å²) in [5.41, 5.74) is 0.973. The number of hydrogen-bond donors (Lipinski definition) is 1. The molecule has 1 aromatic carbocycles. The number of rotatable bonds is 2. The van der Waals surface area contributed by atoms with E-state index in [4.69, 9.17) is 0 Å². The van der Waals surface area contributed by atoms with Crippen LogP contribution >= 0.6 is 15.9 Å². The van der Waals surface area contributed by atoms with Crippen LogP contribution in [0.15, 0.2) is 28.9 Å². The number of aryl methyl sites for hydroxylation is 1. The number of hydrogen-bond acceptors (Lipinski definition) is 1. The molecule has 0 radical (unpaired) electrons. The number of carbonyl (C=O) groups is 1. The summed E-state index contributed by atoms with van der Waals surface area (Å²) in [6.45, 7) is 3.45. The van der Waals surface area contributed by atoms with Crippen LogP contribution in [0.4, 0.5) is 0 Å². The average molecular weight is 296 g/mol. The Morgan fingerprint density at radius 3 is 2.65 bits per heavy atom. The zero-order chi connectivity index (χ0) is 12.8. The van der Waals surface area contributed by atoms with Gasteiger partial charge in [-0.15, -0.1) is 0 Å². The maximum absolute atomic E-state index is 11.3. The number of aromatic nitrogens is 1. The van der Waals surface area contributed by atoms with Crippen molar-refractivity contribution in [3.63, 3.8) is 0 Å². The van der Waals surface area contributed by atoms with Gasteiger partial charge in [0.25, 0.3) is 0 Å². The van der Waals surface area contributed by atoms with Crippen LogP contribution in [-0.4, -0.2) is 15.6 Å². The summed E-state index contributed by atoms with van der Waals surface area (Å²) in [6, 6.07) is 5.84. The summed E-state index contributed by atoms with van der Waals surface area (Å²) >= 11 is 3.50. The quantitative estimate of drug-likeness (QED) is 0.924. The molecule has 0 unspecified atom stereocenters. The molecule has 2 aromatic rings. The highest BCUT2D eigenvalue weighted by Gasteiger charge is 2.32. The van der Waals surface area contributed by atoms with Crippen LogP contribution in [0.25, 0.3) is 10.9 Å². The Balaban J connectivity index is 2.81. The predicted molar refractivity (Wildman–Crippen MR) is 71.3 cm³/mol. The van der Waals surface area contributed by atoms with Gasteiger partial charge < -0.3 is 9.67 Å². The Bertz CT molecular complexity index is 599. The van der Waals surface area contributed by atoms with Crippen molar-refractivity contribution < 1.29 is 9.90 Å². The number of benzene rings is 1. The van der Waals surface area contributed by atoms with E-state index >= 15 is 0 Å². The first-order chi connectivity index (χ1) is 7.85. The number of para-hydroxylation sites is 1. The van der Waals surface area contributed by atoms with Gasteiger partial charge in [0.15, 0.2) is 0 Å². The molecule has 0 atom stereocenters. The molecule has 0 saturated heterocycles. The van der Waals surface area contributed by atoms with E-state index in [-0.39, 0.29) is 0 Å². The van der Waals surface area contributed by atoms with Crippen LogP contribution in [0.1, 0.15) is 19.4 Å². The van der Waals surface area contributed by atoms with Crippen molar-refractivity contribution in [3.8, 4) is 0 Å². The fourth-order valence-corrected chi connectivity index (χ4v) is 2.68. The molecule has 1 heterocycles. The lowest BCUT2D eigenvalue weighted by molar-refractivity contribution is -0.142. The first-order valence-corrected chi connectivity index (χ1v) is 6.12. The fourth-order valence-electron chi connectivity index (χ4n) is 2.03. The number of nitrogens with zero attached hydrogens (tertiary/aromatic N) is 1. The van der Waals surface area contributed by atoms with Crippen LogP contribution in [0.3, 0.4) is 0 Å². The van der Waals surface area contributed by atoms with Gasteiger partial charge in [0.05, 0.1) is 10.9 Å². The minimum atomic E-state index is -0.889. The number of carboxylic acid groups (broad SMARTS) is 1. The van der Waals surface area contributed by atoms with Gasteiger partial charge in [0.1, 0.15) is 0 Å². The van der Waals surface area contributed by atoms with Gasteiger partial charge in [0.2, 0.25) is 0 Å². The van der Waals surface area contributed by atoms with Crippen LogP contribution in [-0.2, 0) is 17.3 Å². The van der Waals surface area contributed by atoms with E-state index in [9.17, 15) is 9.90 Å². The Kier molecular flexibility index (Phi) is 2.78. The molecule has 2 rings (SSSR count). The van der Waals surface area contributed by atoms with Crippen molar-refractivity contribution in [2.75, 3.05) is 0 Å². The van der Waals surface area contributed by atoms with Crippen LogP contribution < -0.4 is 0 Å². The second-order valence-electron chi connectivity index (χ2n) is 4.72. The maximum Gasteiger partial charge on any atom is 0.313 e. The predicted octanol–water partition coefficient (Wildman–Crippen LogP) is 3.30.